The summed E-state index contributed by atoms with van der Waals surface area (Å²) in [6, 6.07) is 10.8. The van der Waals surface area contributed by atoms with Crippen LogP contribution in [0.4, 0.5) is 11.6 Å². The van der Waals surface area contributed by atoms with Gasteiger partial charge in [0.25, 0.3) is 0 Å². The first-order valence-electron chi connectivity index (χ1n) is 7.93. The third-order valence-corrected chi connectivity index (χ3v) is 4.26. The Kier molecular flexibility index (Phi) is 3.77. The Morgan fingerprint density at radius 3 is 2.64 bits per heavy atom. The van der Waals surface area contributed by atoms with Gasteiger partial charge in [0.1, 0.15) is 17.5 Å². The molecule has 0 amide bonds. The fourth-order valence-electron chi connectivity index (χ4n) is 3.18. The summed E-state index contributed by atoms with van der Waals surface area (Å²) in [4.78, 5) is 11.5. The van der Waals surface area contributed by atoms with Crippen LogP contribution in [-0.2, 0) is 13.0 Å². The summed E-state index contributed by atoms with van der Waals surface area (Å²) < 4.78 is 0. The molecule has 0 unspecified atom stereocenters. The zero-order chi connectivity index (χ0) is 15.7. The van der Waals surface area contributed by atoms with Crippen molar-refractivity contribution in [2.45, 2.75) is 46.2 Å². The van der Waals surface area contributed by atoms with E-state index in [4.69, 9.17) is 0 Å². The van der Waals surface area contributed by atoms with Gasteiger partial charge in [-0.15, -0.1) is 0 Å². The minimum atomic E-state index is 0.0403. The van der Waals surface area contributed by atoms with Crippen LogP contribution in [0.15, 0.2) is 30.3 Å². The highest BCUT2D eigenvalue weighted by atomic mass is 15.3. The molecule has 4 nitrogen and oxygen atoms in total. The van der Waals surface area contributed by atoms with Crippen molar-refractivity contribution in [2.24, 2.45) is 0 Å². The predicted molar refractivity (Wildman–Crippen MR) is 91.3 cm³/mol. The number of nitrogens with one attached hydrogen (secondary N) is 1. The Hall–Kier alpha value is -2.10. The van der Waals surface area contributed by atoms with E-state index >= 15 is 0 Å². The van der Waals surface area contributed by atoms with Crippen LogP contribution in [0, 0.1) is 6.92 Å². The number of rotatable bonds is 3. The van der Waals surface area contributed by atoms with Crippen LogP contribution in [0.2, 0.25) is 0 Å². The van der Waals surface area contributed by atoms with E-state index in [-0.39, 0.29) is 5.54 Å². The standard InChI is InChI=1S/C18H24N4/c1-5-19-16-10-17(21-13(2)20-16)22-12-15-9-7-6-8-14(15)11-18(22,3)4/h6-10H,5,11-12H2,1-4H3,(H,19,20,21). The van der Waals surface area contributed by atoms with E-state index in [1.807, 2.05) is 6.92 Å². The van der Waals surface area contributed by atoms with Crippen LogP contribution in [0.25, 0.3) is 0 Å². The SMILES string of the molecule is CCNc1cc(N2Cc3ccccc3CC2(C)C)nc(C)n1. The third kappa shape index (κ3) is 2.78. The van der Waals surface area contributed by atoms with Gasteiger partial charge in [-0.3, -0.25) is 0 Å². The minimum Gasteiger partial charge on any atom is -0.370 e. The molecule has 1 N–H and O–H groups in total. The number of aryl methyl sites for hydroxylation is 1. The van der Waals surface area contributed by atoms with Gasteiger partial charge in [0.05, 0.1) is 0 Å². The van der Waals surface area contributed by atoms with Crippen molar-refractivity contribution in [2.75, 3.05) is 16.8 Å². The van der Waals surface area contributed by atoms with Crippen molar-refractivity contribution in [1.29, 1.82) is 0 Å². The van der Waals surface area contributed by atoms with Crippen molar-refractivity contribution in [3.05, 3.63) is 47.3 Å². The first-order valence-corrected chi connectivity index (χ1v) is 7.93. The third-order valence-electron chi connectivity index (χ3n) is 4.26. The van der Waals surface area contributed by atoms with Crippen molar-refractivity contribution in [3.8, 4) is 0 Å². The molecular weight excluding hydrogens is 272 g/mol. The molecule has 0 spiro atoms. The average Bonchev–Trinajstić information content (AvgIpc) is 2.45. The van der Waals surface area contributed by atoms with Gasteiger partial charge in [0, 0.05) is 24.7 Å². The molecule has 1 aromatic carbocycles. The van der Waals surface area contributed by atoms with Gasteiger partial charge in [-0.2, -0.15) is 0 Å². The quantitative estimate of drug-likeness (QED) is 0.940. The minimum absolute atomic E-state index is 0.0403. The molecule has 2 aromatic rings. The zero-order valence-corrected chi connectivity index (χ0v) is 13.8. The summed E-state index contributed by atoms with van der Waals surface area (Å²) in [6.45, 7) is 10.4. The summed E-state index contributed by atoms with van der Waals surface area (Å²) in [5.41, 5.74) is 2.88. The summed E-state index contributed by atoms with van der Waals surface area (Å²) in [5, 5.41) is 3.30. The highest BCUT2D eigenvalue weighted by Crippen LogP contribution is 2.34. The topological polar surface area (TPSA) is 41.0 Å². The summed E-state index contributed by atoms with van der Waals surface area (Å²) in [7, 11) is 0. The van der Waals surface area contributed by atoms with Crippen LogP contribution in [-0.4, -0.2) is 22.1 Å². The van der Waals surface area contributed by atoms with E-state index in [0.29, 0.717) is 0 Å². The molecule has 1 aliphatic rings. The Balaban J connectivity index is 2.00. The molecule has 0 bridgehead atoms. The maximum absolute atomic E-state index is 4.68. The van der Waals surface area contributed by atoms with Gasteiger partial charge in [0.2, 0.25) is 0 Å². The molecule has 116 valence electrons. The number of hydrogen-bond acceptors (Lipinski definition) is 4. The normalized spacial score (nSPS) is 16.3. The van der Waals surface area contributed by atoms with Crippen molar-refractivity contribution in [1.82, 2.24) is 9.97 Å². The maximum Gasteiger partial charge on any atom is 0.135 e. The Bertz CT molecular complexity index is 679. The van der Waals surface area contributed by atoms with Gasteiger partial charge in [-0.1, -0.05) is 24.3 Å². The van der Waals surface area contributed by atoms with E-state index in [9.17, 15) is 0 Å². The van der Waals surface area contributed by atoms with Gasteiger partial charge in [-0.05, 0) is 45.2 Å². The molecule has 4 heteroatoms. The highest BCUT2D eigenvalue weighted by molar-refractivity contribution is 5.53. The molecule has 0 saturated heterocycles. The second kappa shape index (κ2) is 5.59. The van der Waals surface area contributed by atoms with Crippen molar-refractivity contribution < 1.29 is 0 Å². The Morgan fingerprint density at radius 1 is 1.18 bits per heavy atom. The zero-order valence-electron chi connectivity index (χ0n) is 13.8. The smallest absolute Gasteiger partial charge is 0.135 e. The van der Waals surface area contributed by atoms with Crippen LogP contribution in [0.1, 0.15) is 37.7 Å². The average molecular weight is 296 g/mol. The molecule has 3 rings (SSSR count). The van der Waals surface area contributed by atoms with E-state index < -0.39 is 0 Å². The van der Waals surface area contributed by atoms with E-state index in [1.165, 1.54) is 11.1 Å². The van der Waals surface area contributed by atoms with Crippen LogP contribution < -0.4 is 10.2 Å². The fraction of sp³-hybridized carbons (Fsp3) is 0.444. The largest absolute Gasteiger partial charge is 0.370 e. The summed E-state index contributed by atoms with van der Waals surface area (Å²) >= 11 is 0. The lowest BCUT2D eigenvalue weighted by Gasteiger charge is -2.44. The predicted octanol–water partition coefficient (Wildman–Crippen LogP) is 3.56. The van der Waals surface area contributed by atoms with E-state index in [0.717, 1.165) is 37.0 Å². The number of benzene rings is 1. The van der Waals surface area contributed by atoms with Crippen LogP contribution in [0.3, 0.4) is 0 Å². The molecule has 1 aromatic heterocycles. The second-order valence-corrected chi connectivity index (χ2v) is 6.53. The van der Waals surface area contributed by atoms with Crippen molar-refractivity contribution in [3.63, 3.8) is 0 Å². The Labute approximate surface area is 132 Å². The summed E-state index contributed by atoms with van der Waals surface area (Å²) in [6.07, 6.45) is 1.03. The van der Waals surface area contributed by atoms with E-state index in [1.54, 1.807) is 0 Å². The molecule has 0 radical (unpaired) electrons. The highest BCUT2D eigenvalue weighted by Gasteiger charge is 2.33. The monoisotopic (exact) mass is 296 g/mol. The number of anilines is 2. The first-order chi connectivity index (χ1) is 10.5. The number of aromatic nitrogens is 2. The lowest BCUT2D eigenvalue weighted by Crippen LogP contribution is -2.49. The molecule has 0 saturated carbocycles. The first kappa shape index (κ1) is 14.8. The number of fused-ring (bicyclic) bond motifs is 1. The molecular formula is C18H24N4. The molecule has 1 aliphatic heterocycles. The van der Waals surface area contributed by atoms with Gasteiger partial charge in [-0.25, -0.2) is 9.97 Å². The van der Waals surface area contributed by atoms with Crippen LogP contribution >= 0.6 is 0 Å². The van der Waals surface area contributed by atoms with E-state index in [2.05, 4.69) is 71.3 Å². The van der Waals surface area contributed by atoms with Crippen molar-refractivity contribution >= 4 is 11.6 Å². The second-order valence-electron chi connectivity index (χ2n) is 6.53. The lowest BCUT2D eigenvalue weighted by atomic mass is 9.85. The van der Waals surface area contributed by atoms with Gasteiger partial charge < -0.3 is 10.2 Å². The maximum atomic E-state index is 4.68. The number of nitrogens with zero attached hydrogens (tertiary/aromatic N) is 3. The van der Waals surface area contributed by atoms with Gasteiger partial charge in [0.15, 0.2) is 0 Å². The van der Waals surface area contributed by atoms with Gasteiger partial charge >= 0.3 is 0 Å². The van der Waals surface area contributed by atoms with Crippen LogP contribution in [0.5, 0.6) is 0 Å². The molecule has 0 aliphatic carbocycles. The molecule has 2 heterocycles. The molecule has 22 heavy (non-hydrogen) atoms. The fourth-order valence-corrected chi connectivity index (χ4v) is 3.18. The lowest BCUT2D eigenvalue weighted by molar-refractivity contribution is 0.427. The summed E-state index contributed by atoms with van der Waals surface area (Å²) in [5.74, 6) is 2.71. The molecule has 0 fully saturated rings. The molecule has 0 atom stereocenters. The number of hydrogen-bond donors (Lipinski definition) is 1. The Morgan fingerprint density at radius 2 is 1.91 bits per heavy atom.